The predicted molar refractivity (Wildman–Crippen MR) is 116 cm³/mol. The molecule has 0 saturated heterocycles. The van der Waals surface area contributed by atoms with Gasteiger partial charge in [-0.25, -0.2) is 4.98 Å². The third-order valence-corrected chi connectivity index (χ3v) is 5.55. The first kappa shape index (κ1) is 23.0. The minimum absolute atomic E-state index is 0.180. The van der Waals surface area contributed by atoms with Crippen molar-refractivity contribution in [2.24, 2.45) is 5.92 Å². The second-order valence-corrected chi connectivity index (χ2v) is 8.33. The molecule has 0 aliphatic carbocycles. The topological polar surface area (TPSA) is 60.9 Å². The number of hydrogen-bond donors (Lipinski definition) is 0. The molecule has 1 atom stereocenters. The summed E-state index contributed by atoms with van der Waals surface area (Å²) in [6, 6.07) is 5.69. The molecule has 0 saturated carbocycles. The molecule has 7 heteroatoms. The number of hydrogen-bond acceptors (Lipinski definition) is 6. The van der Waals surface area contributed by atoms with Gasteiger partial charge in [0.1, 0.15) is 11.6 Å². The molecule has 6 nitrogen and oxygen atoms in total. The smallest absolute Gasteiger partial charge is 0.223 e. The van der Waals surface area contributed by atoms with Crippen LogP contribution in [0.15, 0.2) is 23.6 Å². The summed E-state index contributed by atoms with van der Waals surface area (Å²) < 4.78 is 16.7. The Balaban J connectivity index is 2.07. The molecule has 0 radical (unpaired) electrons. The van der Waals surface area contributed by atoms with Gasteiger partial charge < -0.3 is 19.1 Å². The van der Waals surface area contributed by atoms with Crippen molar-refractivity contribution in [1.82, 2.24) is 9.88 Å². The van der Waals surface area contributed by atoms with Gasteiger partial charge in [0.05, 0.1) is 26.5 Å². The standard InChI is InChI=1S/C22H32N2O4S/c1-7-16(4)24(21(25)11-15(2)3)12-17-14-29-20(23-17)13-28-22-18(26-5)9-8-10-19(22)27-6/h8-10,14-16H,7,11-13H2,1-6H3/t16-/m0/s1. The largest absolute Gasteiger partial charge is 0.493 e. The zero-order valence-corrected chi connectivity index (χ0v) is 19.0. The molecular weight excluding hydrogens is 388 g/mol. The van der Waals surface area contributed by atoms with E-state index in [-0.39, 0.29) is 11.9 Å². The number of amides is 1. The second kappa shape index (κ2) is 11.0. The van der Waals surface area contributed by atoms with Crippen LogP contribution in [0.2, 0.25) is 0 Å². The van der Waals surface area contributed by atoms with Crippen LogP contribution in [0.4, 0.5) is 0 Å². The van der Waals surface area contributed by atoms with E-state index < -0.39 is 0 Å². The maximum absolute atomic E-state index is 12.7. The lowest BCUT2D eigenvalue weighted by Crippen LogP contribution is -2.38. The van der Waals surface area contributed by atoms with Crippen LogP contribution in [0, 0.1) is 5.92 Å². The van der Waals surface area contributed by atoms with Gasteiger partial charge in [0, 0.05) is 17.8 Å². The molecular formula is C22H32N2O4S. The Morgan fingerprint density at radius 3 is 2.38 bits per heavy atom. The molecule has 0 unspecified atom stereocenters. The van der Waals surface area contributed by atoms with Gasteiger partial charge in [0.25, 0.3) is 0 Å². The monoisotopic (exact) mass is 420 g/mol. The van der Waals surface area contributed by atoms with Crippen LogP contribution in [-0.4, -0.2) is 36.1 Å². The van der Waals surface area contributed by atoms with Gasteiger partial charge in [-0.2, -0.15) is 0 Å². The highest BCUT2D eigenvalue weighted by molar-refractivity contribution is 7.09. The van der Waals surface area contributed by atoms with E-state index in [9.17, 15) is 4.79 Å². The third kappa shape index (κ3) is 6.35. The fraction of sp³-hybridized carbons (Fsp3) is 0.545. The summed E-state index contributed by atoms with van der Waals surface area (Å²) in [5, 5.41) is 2.84. The van der Waals surface area contributed by atoms with E-state index in [0.717, 1.165) is 17.1 Å². The minimum atomic E-state index is 0.180. The van der Waals surface area contributed by atoms with Gasteiger partial charge in [-0.1, -0.05) is 26.8 Å². The number of carbonyl (C=O) groups is 1. The third-order valence-electron chi connectivity index (χ3n) is 4.68. The molecule has 1 heterocycles. The first-order valence-corrected chi connectivity index (χ1v) is 10.8. The van der Waals surface area contributed by atoms with Crippen LogP contribution in [0.5, 0.6) is 17.2 Å². The Morgan fingerprint density at radius 2 is 1.83 bits per heavy atom. The van der Waals surface area contributed by atoms with Crippen molar-refractivity contribution in [1.29, 1.82) is 0 Å². The Kier molecular flexibility index (Phi) is 8.76. The summed E-state index contributed by atoms with van der Waals surface area (Å²) in [4.78, 5) is 19.3. The number of nitrogens with zero attached hydrogens (tertiary/aromatic N) is 2. The first-order chi connectivity index (χ1) is 13.9. The zero-order valence-electron chi connectivity index (χ0n) is 18.2. The molecule has 0 N–H and O–H groups in total. The van der Waals surface area contributed by atoms with Crippen molar-refractivity contribution < 1.29 is 19.0 Å². The zero-order chi connectivity index (χ0) is 21.4. The van der Waals surface area contributed by atoms with Crippen LogP contribution >= 0.6 is 11.3 Å². The quantitative estimate of drug-likeness (QED) is 0.517. The summed E-state index contributed by atoms with van der Waals surface area (Å²) in [6.45, 7) is 9.15. The van der Waals surface area contributed by atoms with E-state index in [1.807, 2.05) is 28.5 Å². The Hall–Kier alpha value is -2.28. The summed E-state index contributed by atoms with van der Waals surface area (Å²) in [5.74, 6) is 2.30. The number of rotatable bonds is 11. The maximum atomic E-state index is 12.7. The van der Waals surface area contributed by atoms with Gasteiger partial charge in [-0.3, -0.25) is 4.79 Å². The molecule has 160 valence electrons. The SMILES string of the molecule is CC[C@H](C)N(Cc1csc(COc2c(OC)cccc2OC)n1)C(=O)CC(C)C. The van der Waals surface area contributed by atoms with Crippen molar-refractivity contribution in [2.75, 3.05) is 14.2 Å². The predicted octanol–water partition coefficient (Wildman–Crippen LogP) is 4.91. The number of thiazole rings is 1. The number of carbonyl (C=O) groups excluding carboxylic acids is 1. The second-order valence-electron chi connectivity index (χ2n) is 7.39. The van der Waals surface area contributed by atoms with Gasteiger partial charge in [0.15, 0.2) is 11.5 Å². The molecule has 29 heavy (non-hydrogen) atoms. The number of para-hydroxylation sites is 1. The molecule has 1 amide bonds. The summed E-state index contributed by atoms with van der Waals surface area (Å²) in [6.07, 6.45) is 1.47. The van der Waals surface area contributed by atoms with E-state index >= 15 is 0 Å². The maximum Gasteiger partial charge on any atom is 0.223 e. The summed E-state index contributed by atoms with van der Waals surface area (Å²) in [5.41, 5.74) is 0.887. The molecule has 1 aromatic heterocycles. The number of methoxy groups -OCH3 is 2. The molecule has 1 aromatic carbocycles. The van der Waals surface area contributed by atoms with E-state index in [4.69, 9.17) is 14.2 Å². The van der Waals surface area contributed by atoms with Crippen molar-refractivity contribution in [2.45, 2.75) is 59.7 Å². The molecule has 2 aromatic rings. The average molecular weight is 421 g/mol. The molecule has 2 rings (SSSR count). The van der Waals surface area contributed by atoms with Crippen LogP contribution < -0.4 is 14.2 Å². The first-order valence-electron chi connectivity index (χ1n) is 9.96. The van der Waals surface area contributed by atoms with Gasteiger partial charge in [-0.15, -0.1) is 11.3 Å². The highest BCUT2D eigenvalue weighted by atomic mass is 32.1. The Bertz CT molecular complexity index is 769. The van der Waals surface area contributed by atoms with E-state index in [1.54, 1.807) is 14.2 Å². The number of ether oxygens (including phenoxy) is 3. The lowest BCUT2D eigenvalue weighted by Gasteiger charge is -2.28. The van der Waals surface area contributed by atoms with Crippen LogP contribution in [0.3, 0.4) is 0 Å². The van der Waals surface area contributed by atoms with Gasteiger partial charge >= 0.3 is 0 Å². The van der Waals surface area contributed by atoms with Crippen LogP contribution in [0.1, 0.15) is 51.2 Å². The Morgan fingerprint density at radius 1 is 1.17 bits per heavy atom. The highest BCUT2D eigenvalue weighted by Crippen LogP contribution is 2.37. The Labute approximate surface area is 177 Å². The van der Waals surface area contributed by atoms with Crippen molar-refractivity contribution >= 4 is 17.2 Å². The molecule has 0 aliphatic rings. The van der Waals surface area contributed by atoms with E-state index in [2.05, 4.69) is 32.7 Å². The van der Waals surface area contributed by atoms with Crippen LogP contribution in [0.25, 0.3) is 0 Å². The lowest BCUT2D eigenvalue weighted by atomic mass is 10.1. The van der Waals surface area contributed by atoms with Gasteiger partial charge in [-0.05, 0) is 31.4 Å². The normalized spacial score (nSPS) is 12.0. The number of benzene rings is 1. The molecule has 0 bridgehead atoms. The minimum Gasteiger partial charge on any atom is -0.493 e. The van der Waals surface area contributed by atoms with E-state index in [0.29, 0.717) is 42.7 Å². The fourth-order valence-corrected chi connectivity index (χ4v) is 3.63. The van der Waals surface area contributed by atoms with Crippen molar-refractivity contribution in [3.05, 3.63) is 34.3 Å². The van der Waals surface area contributed by atoms with Crippen LogP contribution in [-0.2, 0) is 17.9 Å². The lowest BCUT2D eigenvalue weighted by molar-refractivity contribution is -0.134. The highest BCUT2D eigenvalue weighted by Gasteiger charge is 2.21. The molecule has 0 fully saturated rings. The average Bonchev–Trinajstić information content (AvgIpc) is 3.16. The van der Waals surface area contributed by atoms with E-state index in [1.165, 1.54) is 11.3 Å². The number of aromatic nitrogens is 1. The summed E-state index contributed by atoms with van der Waals surface area (Å²) in [7, 11) is 3.20. The molecule has 0 spiro atoms. The fourth-order valence-electron chi connectivity index (χ4n) is 2.93. The molecule has 0 aliphatic heterocycles. The van der Waals surface area contributed by atoms with Crippen molar-refractivity contribution in [3.8, 4) is 17.2 Å². The van der Waals surface area contributed by atoms with Crippen molar-refractivity contribution in [3.63, 3.8) is 0 Å². The summed E-state index contributed by atoms with van der Waals surface area (Å²) >= 11 is 1.53. The van der Waals surface area contributed by atoms with Gasteiger partial charge in [0.2, 0.25) is 11.7 Å².